The second kappa shape index (κ2) is 24.2. The third-order valence-electron chi connectivity index (χ3n) is 8.49. The summed E-state index contributed by atoms with van der Waals surface area (Å²) < 4.78 is 18.1. The van der Waals surface area contributed by atoms with Crippen LogP contribution in [0.25, 0.3) is 0 Å². The molecule has 0 amide bonds. The molecular weight excluding hydrogens is 520 g/mol. The van der Waals surface area contributed by atoms with Gasteiger partial charge in [-0.25, -0.2) is 0 Å². The van der Waals surface area contributed by atoms with Gasteiger partial charge >= 0.3 is 0 Å². The minimum absolute atomic E-state index is 0.0489. The number of benzene rings is 1. The van der Waals surface area contributed by atoms with Crippen LogP contribution in [-0.4, -0.2) is 35.8 Å². The highest BCUT2D eigenvalue weighted by molar-refractivity contribution is 5.13. The Hall–Kier alpha value is -1.20. The lowest BCUT2D eigenvalue weighted by Crippen LogP contribution is -2.21. The van der Waals surface area contributed by atoms with E-state index in [1.165, 1.54) is 121 Å². The zero-order valence-electron chi connectivity index (χ0n) is 27.7. The van der Waals surface area contributed by atoms with Gasteiger partial charge < -0.3 is 19.3 Å². The average Bonchev–Trinajstić information content (AvgIpc) is 3.28. The summed E-state index contributed by atoms with van der Waals surface area (Å²) in [5, 5.41) is 10.5. The molecule has 1 N–H and O–H groups in total. The van der Waals surface area contributed by atoms with E-state index in [0.717, 1.165) is 32.5 Å². The van der Waals surface area contributed by atoms with Gasteiger partial charge in [0.15, 0.2) is 5.79 Å². The van der Waals surface area contributed by atoms with Gasteiger partial charge in [0.1, 0.15) is 6.10 Å². The highest BCUT2D eigenvalue weighted by Gasteiger charge is 2.39. The van der Waals surface area contributed by atoms with E-state index in [1.807, 2.05) is 26.0 Å². The van der Waals surface area contributed by atoms with Crippen LogP contribution < -0.4 is 0 Å². The van der Waals surface area contributed by atoms with Crippen molar-refractivity contribution in [1.82, 2.24) is 0 Å². The normalized spacial score (nSPS) is 19.1. The molecule has 4 heteroatoms. The molecule has 1 aliphatic heterocycles. The van der Waals surface area contributed by atoms with Crippen molar-refractivity contribution in [1.29, 1.82) is 0 Å². The van der Waals surface area contributed by atoms with Crippen LogP contribution in [0.5, 0.6) is 0 Å². The van der Waals surface area contributed by atoms with E-state index in [-0.39, 0.29) is 18.3 Å². The monoisotopic (exact) mass is 586 g/mol. The molecule has 1 aromatic rings. The maximum atomic E-state index is 10.5. The van der Waals surface area contributed by atoms with Crippen molar-refractivity contribution in [3.63, 3.8) is 0 Å². The quantitative estimate of drug-likeness (QED) is 0.0823. The molecular formula is C38H66O4. The van der Waals surface area contributed by atoms with Crippen LogP contribution in [-0.2, 0) is 20.8 Å². The van der Waals surface area contributed by atoms with Gasteiger partial charge in [0, 0.05) is 6.61 Å². The maximum absolute atomic E-state index is 10.5. The predicted molar refractivity (Wildman–Crippen MR) is 178 cm³/mol. The molecule has 1 fully saturated rings. The maximum Gasteiger partial charge on any atom is 0.164 e. The number of ether oxygens (including phenoxy) is 3. The van der Waals surface area contributed by atoms with E-state index in [0.29, 0.717) is 0 Å². The van der Waals surface area contributed by atoms with Gasteiger partial charge in [-0.05, 0) is 38.7 Å². The third kappa shape index (κ3) is 19.2. The van der Waals surface area contributed by atoms with Gasteiger partial charge in [-0.15, -0.1) is 0 Å². The summed E-state index contributed by atoms with van der Waals surface area (Å²) in [5.41, 5.74) is 1.26. The molecule has 0 aliphatic carbocycles. The number of hydrogen-bond acceptors (Lipinski definition) is 4. The van der Waals surface area contributed by atoms with Crippen molar-refractivity contribution in [3.8, 4) is 0 Å². The fraction of sp³-hybridized carbons (Fsp3) is 0.789. The number of aliphatic hydroxyl groups is 1. The van der Waals surface area contributed by atoms with Crippen molar-refractivity contribution in [2.24, 2.45) is 0 Å². The zero-order valence-corrected chi connectivity index (χ0v) is 27.7. The molecule has 1 aliphatic rings. The highest BCUT2D eigenvalue weighted by Crippen LogP contribution is 2.32. The largest absolute Gasteiger partial charge is 0.389 e. The average molecular weight is 587 g/mol. The SMILES string of the molecule is CCCCCCCCCC[C@@H]1OC(C)(C)O[C@H]1/C=C/[C@H](O)CCCCCCCCCCCCCOCc1ccccc1. The molecule has 242 valence electrons. The smallest absolute Gasteiger partial charge is 0.164 e. The van der Waals surface area contributed by atoms with Gasteiger partial charge in [-0.1, -0.05) is 165 Å². The Labute approximate surface area is 260 Å². The first-order chi connectivity index (χ1) is 20.5. The Morgan fingerprint density at radius 1 is 0.738 bits per heavy atom. The third-order valence-corrected chi connectivity index (χ3v) is 8.49. The van der Waals surface area contributed by atoms with Crippen LogP contribution in [0.1, 0.15) is 161 Å². The van der Waals surface area contributed by atoms with Crippen molar-refractivity contribution in [2.75, 3.05) is 6.61 Å². The number of hydrogen-bond donors (Lipinski definition) is 1. The number of unbranched alkanes of at least 4 members (excludes halogenated alkanes) is 17. The summed E-state index contributed by atoms with van der Waals surface area (Å²) in [5.74, 6) is -0.539. The van der Waals surface area contributed by atoms with Crippen molar-refractivity contribution >= 4 is 0 Å². The summed E-state index contributed by atoms with van der Waals surface area (Å²) in [7, 11) is 0. The molecule has 0 spiro atoms. The lowest BCUT2D eigenvalue weighted by Gasteiger charge is -2.16. The summed E-state index contributed by atoms with van der Waals surface area (Å²) in [6.45, 7) is 7.89. The van der Waals surface area contributed by atoms with Crippen LogP contribution in [0.4, 0.5) is 0 Å². The first-order valence-electron chi connectivity index (χ1n) is 17.8. The fourth-order valence-electron chi connectivity index (χ4n) is 5.98. The molecule has 3 atom stereocenters. The van der Waals surface area contributed by atoms with Crippen LogP contribution in [0, 0.1) is 0 Å². The molecule has 1 saturated heterocycles. The van der Waals surface area contributed by atoms with E-state index < -0.39 is 5.79 Å². The first-order valence-corrected chi connectivity index (χ1v) is 17.8. The fourth-order valence-corrected chi connectivity index (χ4v) is 5.98. The van der Waals surface area contributed by atoms with Gasteiger partial charge in [0.2, 0.25) is 0 Å². The van der Waals surface area contributed by atoms with Crippen molar-refractivity contribution < 1.29 is 19.3 Å². The second-order valence-electron chi connectivity index (χ2n) is 13.1. The molecule has 0 unspecified atom stereocenters. The Morgan fingerprint density at radius 2 is 1.29 bits per heavy atom. The Kier molecular flexibility index (Phi) is 21.3. The van der Waals surface area contributed by atoms with Gasteiger partial charge in [0.25, 0.3) is 0 Å². The molecule has 0 aromatic heterocycles. The Bertz CT molecular complexity index is 762. The highest BCUT2D eigenvalue weighted by atomic mass is 16.7. The summed E-state index contributed by atoms with van der Waals surface area (Å²) >= 11 is 0. The Balaban J connectivity index is 1.40. The lowest BCUT2D eigenvalue weighted by molar-refractivity contribution is -0.143. The van der Waals surface area contributed by atoms with Crippen LogP contribution in [0.15, 0.2) is 42.5 Å². The predicted octanol–water partition coefficient (Wildman–Crippen LogP) is 10.9. The van der Waals surface area contributed by atoms with Gasteiger partial charge in [-0.2, -0.15) is 0 Å². The summed E-state index contributed by atoms with van der Waals surface area (Å²) in [6, 6.07) is 10.4. The lowest BCUT2D eigenvalue weighted by atomic mass is 10.0. The summed E-state index contributed by atoms with van der Waals surface area (Å²) in [6.07, 6.45) is 30.2. The van der Waals surface area contributed by atoms with E-state index in [4.69, 9.17) is 14.2 Å². The summed E-state index contributed by atoms with van der Waals surface area (Å²) in [4.78, 5) is 0. The Morgan fingerprint density at radius 3 is 1.90 bits per heavy atom. The van der Waals surface area contributed by atoms with E-state index in [2.05, 4.69) is 37.3 Å². The molecule has 4 nitrogen and oxygen atoms in total. The minimum Gasteiger partial charge on any atom is -0.389 e. The zero-order chi connectivity index (χ0) is 30.1. The van der Waals surface area contributed by atoms with E-state index >= 15 is 0 Å². The van der Waals surface area contributed by atoms with Gasteiger partial charge in [-0.3, -0.25) is 0 Å². The second-order valence-corrected chi connectivity index (χ2v) is 13.1. The van der Waals surface area contributed by atoms with E-state index in [9.17, 15) is 5.11 Å². The first kappa shape index (κ1) is 37.0. The number of aliphatic hydroxyl groups excluding tert-OH is 1. The molecule has 0 saturated carbocycles. The van der Waals surface area contributed by atoms with Crippen molar-refractivity contribution in [3.05, 3.63) is 48.0 Å². The van der Waals surface area contributed by atoms with Gasteiger partial charge in [0.05, 0.1) is 18.8 Å². The molecule has 0 radical (unpaired) electrons. The molecule has 0 bridgehead atoms. The minimum atomic E-state index is -0.539. The molecule has 1 heterocycles. The van der Waals surface area contributed by atoms with E-state index in [1.54, 1.807) is 0 Å². The van der Waals surface area contributed by atoms with Crippen LogP contribution in [0.2, 0.25) is 0 Å². The molecule has 1 aromatic carbocycles. The molecule has 2 rings (SSSR count). The molecule has 42 heavy (non-hydrogen) atoms. The topological polar surface area (TPSA) is 47.9 Å². The van der Waals surface area contributed by atoms with Crippen LogP contribution >= 0.6 is 0 Å². The standard InChI is InChI=1S/C38H66O4/c1-4-5-6-7-8-15-18-24-29-36-37(42-38(2,3)41-36)31-30-35(39)28-23-17-14-12-10-9-11-13-16-19-25-32-40-33-34-26-21-20-22-27-34/h20-22,26-27,30-31,35-37,39H,4-19,23-25,28-29,32-33H2,1-3H3/b31-30+/t35-,36+,37+/m1/s1. The van der Waals surface area contributed by atoms with Crippen LogP contribution in [0.3, 0.4) is 0 Å². The number of rotatable bonds is 27. The van der Waals surface area contributed by atoms with Crippen molar-refractivity contribution in [2.45, 2.75) is 186 Å².